The van der Waals surface area contributed by atoms with E-state index in [1.54, 1.807) is 24.3 Å². The number of rotatable bonds is 2. The van der Waals surface area contributed by atoms with Gasteiger partial charge in [-0.15, -0.1) is 0 Å². The molecule has 0 aliphatic carbocycles. The van der Waals surface area contributed by atoms with E-state index >= 15 is 0 Å². The molecule has 21 heavy (non-hydrogen) atoms. The molecule has 0 atom stereocenters. The maximum atomic E-state index is 11.9. The van der Waals surface area contributed by atoms with Crippen molar-refractivity contribution in [1.82, 2.24) is 4.98 Å². The number of benzene rings is 2. The number of aryl methyl sites for hydroxylation is 1. The van der Waals surface area contributed by atoms with Crippen molar-refractivity contribution in [2.75, 3.05) is 0 Å². The van der Waals surface area contributed by atoms with Crippen LogP contribution in [0.3, 0.4) is 0 Å². The Kier molecular flexibility index (Phi) is 3.28. The average molecular weight is 279 g/mol. The first kappa shape index (κ1) is 13.1. The van der Waals surface area contributed by atoms with Crippen LogP contribution in [-0.2, 0) is 0 Å². The Morgan fingerprint density at radius 1 is 1.14 bits per heavy atom. The molecule has 1 N–H and O–H groups in total. The lowest BCUT2D eigenvalue weighted by molar-refractivity contribution is 0.513. The Labute approximate surface area is 121 Å². The second-order valence-electron chi connectivity index (χ2n) is 4.70. The molecular formula is C17H13NO3. The van der Waals surface area contributed by atoms with Gasteiger partial charge < -0.3 is 9.52 Å². The van der Waals surface area contributed by atoms with Gasteiger partial charge in [-0.1, -0.05) is 36.4 Å². The summed E-state index contributed by atoms with van der Waals surface area (Å²) >= 11 is 0. The van der Waals surface area contributed by atoms with E-state index in [1.807, 2.05) is 31.2 Å². The third kappa shape index (κ3) is 2.56. The summed E-state index contributed by atoms with van der Waals surface area (Å²) in [7, 11) is 0. The SMILES string of the molecule is Cc1ccccc1/C(O)=C/c1nc2ccccc2oc1=O. The predicted molar refractivity (Wildman–Crippen MR) is 82.0 cm³/mol. The molecule has 0 amide bonds. The summed E-state index contributed by atoms with van der Waals surface area (Å²) in [5.74, 6) is -0.0109. The van der Waals surface area contributed by atoms with Gasteiger partial charge in [-0.25, -0.2) is 9.78 Å². The van der Waals surface area contributed by atoms with Crippen LogP contribution in [0.25, 0.3) is 22.9 Å². The zero-order valence-electron chi connectivity index (χ0n) is 11.4. The van der Waals surface area contributed by atoms with Crippen LogP contribution < -0.4 is 5.63 Å². The zero-order valence-corrected chi connectivity index (χ0v) is 11.4. The number of fused-ring (bicyclic) bond motifs is 1. The van der Waals surface area contributed by atoms with Gasteiger partial charge in [0.2, 0.25) is 0 Å². The number of para-hydroxylation sites is 2. The van der Waals surface area contributed by atoms with Crippen molar-refractivity contribution in [1.29, 1.82) is 0 Å². The van der Waals surface area contributed by atoms with Gasteiger partial charge in [0.25, 0.3) is 0 Å². The highest BCUT2D eigenvalue weighted by atomic mass is 16.4. The summed E-state index contributed by atoms with van der Waals surface area (Å²) in [5.41, 5.74) is 2.07. The smallest absolute Gasteiger partial charge is 0.362 e. The minimum atomic E-state index is -0.575. The van der Waals surface area contributed by atoms with Gasteiger partial charge in [-0.3, -0.25) is 0 Å². The summed E-state index contributed by atoms with van der Waals surface area (Å²) in [6.45, 7) is 1.88. The lowest BCUT2D eigenvalue weighted by Crippen LogP contribution is -2.06. The minimum absolute atomic E-state index is 0.0109. The largest absolute Gasteiger partial charge is 0.507 e. The molecule has 0 fully saturated rings. The fourth-order valence-corrected chi connectivity index (χ4v) is 2.12. The molecule has 0 aliphatic rings. The number of aliphatic hydroxyl groups is 1. The third-order valence-corrected chi connectivity index (χ3v) is 3.21. The van der Waals surface area contributed by atoms with E-state index in [0.717, 1.165) is 5.56 Å². The molecule has 0 aliphatic heterocycles. The molecule has 4 heteroatoms. The van der Waals surface area contributed by atoms with E-state index in [2.05, 4.69) is 4.98 Å². The number of hydrogen-bond acceptors (Lipinski definition) is 4. The van der Waals surface area contributed by atoms with Crippen LogP contribution in [0.5, 0.6) is 0 Å². The van der Waals surface area contributed by atoms with Gasteiger partial charge in [0, 0.05) is 11.6 Å². The molecule has 0 unspecified atom stereocenters. The van der Waals surface area contributed by atoms with Crippen molar-refractivity contribution >= 4 is 22.9 Å². The van der Waals surface area contributed by atoms with Crippen LogP contribution in [0.15, 0.2) is 57.7 Å². The first-order chi connectivity index (χ1) is 10.1. The number of nitrogens with zero attached hydrogens (tertiary/aromatic N) is 1. The van der Waals surface area contributed by atoms with E-state index < -0.39 is 5.63 Å². The third-order valence-electron chi connectivity index (χ3n) is 3.21. The van der Waals surface area contributed by atoms with Gasteiger partial charge in [0.1, 0.15) is 11.3 Å². The normalized spacial score (nSPS) is 11.8. The standard InChI is InChI=1S/C17H13NO3/c1-11-6-2-3-7-12(11)15(19)10-14-17(20)21-16-9-5-4-8-13(16)18-14/h2-10,19H,1H3/b15-10-. The van der Waals surface area contributed by atoms with Crippen LogP contribution in [0.2, 0.25) is 0 Å². The second-order valence-corrected chi connectivity index (χ2v) is 4.70. The van der Waals surface area contributed by atoms with Crippen molar-refractivity contribution in [2.45, 2.75) is 6.92 Å². The van der Waals surface area contributed by atoms with Crippen LogP contribution in [0.1, 0.15) is 16.8 Å². The molecule has 0 spiro atoms. The summed E-state index contributed by atoms with van der Waals surface area (Å²) in [4.78, 5) is 16.1. The fourth-order valence-electron chi connectivity index (χ4n) is 2.12. The van der Waals surface area contributed by atoms with E-state index in [1.165, 1.54) is 6.08 Å². The molecule has 0 bridgehead atoms. The van der Waals surface area contributed by atoms with Crippen LogP contribution in [0, 0.1) is 6.92 Å². The maximum absolute atomic E-state index is 11.9. The topological polar surface area (TPSA) is 63.3 Å². The van der Waals surface area contributed by atoms with Crippen molar-refractivity contribution in [3.05, 3.63) is 75.8 Å². The Morgan fingerprint density at radius 3 is 2.67 bits per heavy atom. The van der Waals surface area contributed by atoms with Gasteiger partial charge >= 0.3 is 5.63 Å². The molecule has 0 radical (unpaired) electrons. The fraction of sp³-hybridized carbons (Fsp3) is 0.0588. The lowest BCUT2D eigenvalue weighted by Gasteiger charge is -2.04. The van der Waals surface area contributed by atoms with Crippen LogP contribution in [-0.4, -0.2) is 10.1 Å². The quantitative estimate of drug-likeness (QED) is 0.729. The van der Waals surface area contributed by atoms with Gasteiger partial charge in [-0.2, -0.15) is 0 Å². The van der Waals surface area contributed by atoms with E-state index in [-0.39, 0.29) is 11.5 Å². The van der Waals surface area contributed by atoms with Gasteiger partial charge in [0.05, 0.1) is 0 Å². The first-order valence-corrected chi connectivity index (χ1v) is 6.52. The summed E-state index contributed by atoms with van der Waals surface area (Å²) in [6.07, 6.45) is 1.33. The zero-order chi connectivity index (χ0) is 14.8. The van der Waals surface area contributed by atoms with E-state index in [9.17, 15) is 9.90 Å². The van der Waals surface area contributed by atoms with E-state index in [0.29, 0.717) is 16.7 Å². The van der Waals surface area contributed by atoms with Crippen molar-refractivity contribution in [3.8, 4) is 0 Å². The van der Waals surface area contributed by atoms with Gasteiger partial charge in [-0.05, 0) is 24.6 Å². The molecule has 2 aromatic carbocycles. The molecule has 1 heterocycles. The van der Waals surface area contributed by atoms with Crippen molar-refractivity contribution < 1.29 is 9.52 Å². The Hall–Kier alpha value is -2.88. The van der Waals surface area contributed by atoms with Gasteiger partial charge in [0.15, 0.2) is 11.3 Å². The molecule has 4 nitrogen and oxygen atoms in total. The molecule has 104 valence electrons. The average Bonchev–Trinajstić information content (AvgIpc) is 2.48. The monoisotopic (exact) mass is 279 g/mol. The maximum Gasteiger partial charge on any atom is 0.362 e. The highest BCUT2D eigenvalue weighted by Crippen LogP contribution is 2.18. The molecule has 3 rings (SSSR count). The molecule has 0 saturated carbocycles. The van der Waals surface area contributed by atoms with Crippen molar-refractivity contribution in [3.63, 3.8) is 0 Å². The molecular weight excluding hydrogens is 266 g/mol. The van der Waals surface area contributed by atoms with Crippen LogP contribution in [0.4, 0.5) is 0 Å². The van der Waals surface area contributed by atoms with Crippen molar-refractivity contribution in [2.24, 2.45) is 0 Å². The Balaban J connectivity index is 2.13. The number of hydrogen-bond donors (Lipinski definition) is 1. The Bertz CT molecular complexity index is 894. The second kappa shape index (κ2) is 5.25. The summed E-state index contributed by atoms with van der Waals surface area (Å²) in [6, 6.07) is 14.4. The first-order valence-electron chi connectivity index (χ1n) is 6.52. The highest BCUT2D eigenvalue weighted by molar-refractivity contribution is 5.78. The predicted octanol–water partition coefficient (Wildman–Crippen LogP) is 3.55. The Morgan fingerprint density at radius 2 is 1.86 bits per heavy atom. The van der Waals surface area contributed by atoms with Crippen LogP contribution >= 0.6 is 0 Å². The molecule has 1 aromatic heterocycles. The van der Waals surface area contributed by atoms with E-state index in [4.69, 9.17) is 4.42 Å². The lowest BCUT2D eigenvalue weighted by atomic mass is 10.1. The number of aromatic nitrogens is 1. The number of aliphatic hydroxyl groups excluding tert-OH is 1. The minimum Gasteiger partial charge on any atom is -0.507 e. The summed E-state index contributed by atoms with van der Waals surface area (Å²) < 4.78 is 5.19. The molecule has 3 aromatic rings. The summed E-state index contributed by atoms with van der Waals surface area (Å²) in [5, 5.41) is 10.2. The highest BCUT2D eigenvalue weighted by Gasteiger charge is 2.08. The molecule has 0 saturated heterocycles.